The summed E-state index contributed by atoms with van der Waals surface area (Å²) in [5.74, 6) is -2.56. The smallest absolute Gasteiger partial charge is 0.262 e. The number of nitrogens with zero attached hydrogens (tertiary/aromatic N) is 1. The van der Waals surface area contributed by atoms with Gasteiger partial charge in [0.05, 0.1) is 5.69 Å². The highest BCUT2D eigenvalue weighted by atomic mass is 19.1. The second-order valence-electron chi connectivity index (χ2n) is 3.60. The quantitative estimate of drug-likeness (QED) is 0.803. The Morgan fingerprint density at radius 3 is 2.78 bits per heavy atom. The van der Waals surface area contributed by atoms with Crippen molar-refractivity contribution in [3.05, 3.63) is 41.2 Å². The van der Waals surface area contributed by atoms with Gasteiger partial charge < -0.3 is 15.6 Å². The first kappa shape index (κ1) is 12.0. The van der Waals surface area contributed by atoms with Crippen LogP contribution in [0.5, 0.6) is 0 Å². The average molecular weight is 253 g/mol. The SMILES string of the molecule is Cc1cc(NC(=O)c2c(F)ccc(N)c2F)no1. The normalized spacial score (nSPS) is 10.4. The van der Waals surface area contributed by atoms with E-state index >= 15 is 0 Å². The van der Waals surface area contributed by atoms with Crippen LogP contribution < -0.4 is 11.1 Å². The van der Waals surface area contributed by atoms with Crippen LogP contribution in [0.2, 0.25) is 0 Å². The molecule has 3 N–H and O–H groups in total. The number of nitrogens with one attached hydrogen (secondary N) is 1. The summed E-state index contributed by atoms with van der Waals surface area (Å²) in [5.41, 5.74) is 4.21. The molecular formula is C11H9F2N3O2. The number of aromatic nitrogens is 1. The molecule has 1 heterocycles. The van der Waals surface area contributed by atoms with Crippen LogP contribution in [-0.2, 0) is 0 Å². The average Bonchev–Trinajstić information content (AvgIpc) is 2.70. The Bertz CT molecular complexity index is 610. The van der Waals surface area contributed by atoms with Gasteiger partial charge in [0, 0.05) is 6.07 Å². The van der Waals surface area contributed by atoms with Crippen molar-refractivity contribution in [3.63, 3.8) is 0 Å². The third kappa shape index (κ3) is 2.15. The van der Waals surface area contributed by atoms with Gasteiger partial charge in [-0.15, -0.1) is 0 Å². The summed E-state index contributed by atoms with van der Waals surface area (Å²) in [4.78, 5) is 11.7. The van der Waals surface area contributed by atoms with Gasteiger partial charge in [0.1, 0.15) is 17.1 Å². The van der Waals surface area contributed by atoms with E-state index in [2.05, 4.69) is 10.5 Å². The van der Waals surface area contributed by atoms with E-state index in [4.69, 9.17) is 10.3 Å². The first-order chi connectivity index (χ1) is 8.49. The number of carbonyl (C=O) groups is 1. The fourth-order valence-electron chi connectivity index (χ4n) is 1.38. The number of halogens is 2. The van der Waals surface area contributed by atoms with Crippen molar-refractivity contribution in [1.82, 2.24) is 5.16 Å². The molecule has 0 radical (unpaired) electrons. The summed E-state index contributed by atoms with van der Waals surface area (Å²) >= 11 is 0. The minimum atomic E-state index is -1.10. The maximum absolute atomic E-state index is 13.6. The molecule has 0 saturated carbocycles. The molecule has 1 aromatic carbocycles. The molecule has 0 aliphatic rings. The summed E-state index contributed by atoms with van der Waals surface area (Å²) in [7, 11) is 0. The molecule has 7 heteroatoms. The third-order valence-corrected chi connectivity index (χ3v) is 2.22. The lowest BCUT2D eigenvalue weighted by Crippen LogP contribution is -2.17. The first-order valence-corrected chi connectivity index (χ1v) is 4.97. The number of benzene rings is 1. The maximum atomic E-state index is 13.6. The van der Waals surface area contributed by atoms with Crippen LogP contribution in [0.15, 0.2) is 22.7 Å². The van der Waals surface area contributed by atoms with E-state index in [1.54, 1.807) is 6.92 Å². The van der Waals surface area contributed by atoms with Gasteiger partial charge in [0.15, 0.2) is 11.6 Å². The lowest BCUT2D eigenvalue weighted by Gasteiger charge is -2.06. The number of carbonyl (C=O) groups excluding carboxylic acids is 1. The number of aryl methyl sites for hydroxylation is 1. The second kappa shape index (κ2) is 4.44. The molecule has 2 rings (SSSR count). The van der Waals surface area contributed by atoms with Crippen molar-refractivity contribution in [2.45, 2.75) is 6.92 Å². The van der Waals surface area contributed by atoms with Gasteiger partial charge in [-0.05, 0) is 19.1 Å². The van der Waals surface area contributed by atoms with Crippen molar-refractivity contribution in [2.75, 3.05) is 11.1 Å². The van der Waals surface area contributed by atoms with Gasteiger partial charge in [0.25, 0.3) is 5.91 Å². The fraction of sp³-hybridized carbons (Fsp3) is 0.0909. The van der Waals surface area contributed by atoms with Crippen LogP contribution in [0.3, 0.4) is 0 Å². The van der Waals surface area contributed by atoms with E-state index in [-0.39, 0.29) is 11.5 Å². The summed E-state index contributed by atoms with van der Waals surface area (Å²) in [6.07, 6.45) is 0. The van der Waals surface area contributed by atoms with Gasteiger partial charge >= 0.3 is 0 Å². The fourth-order valence-corrected chi connectivity index (χ4v) is 1.38. The van der Waals surface area contributed by atoms with Crippen LogP contribution >= 0.6 is 0 Å². The van der Waals surface area contributed by atoms with Crippen molar-refractivity contribution < 1.29 is 18.1 Å². The lowest BCUT2D eigenvalue weighted by molar-refractivity contribution is 0.101. The molecular weight excluding hydrogens is 244 g/mol. The number of rotatable bonds is 2. The zero-order valence-corrected chi connectivity index (χ0v) is 9.33. The number of hydrogen-bond donors (Lipinski definition) is 2. The van der Waals surface area contributed by atoms with Crippen LogP contribution in [0.1, 0.15) is 16.1 Å². The van der Waals surface area contributed by atoms with Gasteiger partial charge in [-0.3, -0.25) is 4.79 Å². The second-order valence-corrected chi connectivity index (χ2v) is 3.60. The molecule has 0 aliphatic carbocycles. The highest BCUT2D eigenvalue weighted by Gasteiger charge is 2.20. The number of nitrogens with two attached hydrogens (primary N) is 1. The summed E-state index contributed by atoms with van der Waals surface area (Å²) < 4.78 is 31.6. The molecule has 5 nitrogen and oxygen atoms in total. The van der Waals surface area contributed by atoms with E-state index in [0.29, 0.717) is 5.76 Å². The summed E-state index contributed by atoms with van der Waals surface area (Å²) in [6.45, 7) is 1.62. The van der Waals surface area contributed by atoms with Crippen LogP contribution in [0, 0.1) is 18.6 Å². The molecule has 0 aliphatic heterocycles. The molecule has 18 heavy (non-hydrogen) atoms. The number of amides is 1. The summed E-state index contributed by atoms with van der Waals surface area (Å²) in [6, 6.07) is 3.38. The van der Waals surface area contributed by atoms with Crippen LogP contribution in [0.25, 0.3) is 0 Å². The Kier molecular flexibility index (Phi) is 2.97. The van der Waals surface area contributed by atoms with Crippen LogP contribution in [0.4, 0.5) is 20.3 Å². The molecule has 0 saturated heterocycles. The zero-order chi connectivity index (χ0) is 13.3. The Balaban J connectivity index is 2.32. The molecule has 0 spiro atoms. The molecule has 0 atom stereocenters. The van der Waals surface area contributed by atoms with E-state index in [0.717, 1.165) is 12.1 Å². The highest BCUT2D eigenvalue weighted by molar-refractivity contribution is 6.04. The molecule has 0 fully saturated rings. The van der Waals surface area contributed by atoms with E-state index < -0.39 is 23.1 Å². The minimum Gasteiger partial charge on any atom is -0.396 e. The molecule has 0 bridgehead atoms. The number of anilines is 2. The number of nitrogen functional groups attached to an aromatic ring is 1. The van der Waals surface area contributed by atoms with Gasteiger partial charge in [0.2, 0.25) is 0 Å². The van der Waals surface area contributed by atoms with Gasteiger partial charge in [-0.1, -0.05) is 5.16 Å². The molecule has 2 aromatic rings. The van der Waals surface area contributed by atoms with E-state index in [9.17, 15) is 13.6 Å². The molecule has 1 aromatic heterocycles. The Labute approximate surface area is 101 Å². The minimum absolute atomic E-state index is 0.0683. The Hall–Kier alpha value is -2.44. The van der Waals surface area contributed by atoms with Crippen LogP contribution in [-0.4, -0.2) is 11.1 Å². The third-order valence-electron chi connectivity index (χ3n) is 2.22. The maximum Gasteiger partial charge on any atom is 0.262 e. The van der Waals surface area contributed by atoms with Gasteiger partial charge in [-0.2, -0.15) is 0 Å². The number of hydrogen-bond acceptors (Lipinski definition) is 4. The molecule has 1 amide bonds. The Morgan fingerprint density at radius 2 is 2.17 bits per heavy atom. The Morgan fingerprint density at radius 1 is 1.44 bits per heavy atom. The predicted molar refractivity (Wildman–Crippen MR) is 60.0 cm³/mol. The standard InChI is InChI=1S/C11H9F2N3O2/c1-5-4-8(16-18-5)15-11(17)9-6(12)2-3-7(14)10(9)13/h2-4H,14H2,1H3,(H,15,16,17). The largest absolute Gasteiger partial charge is 0.396 e. The van der Waals surface area contributed by atoms with Gasteiger partial charge in [-0.25, -0.2) is 8.78 Å². The van der Waals surface area contributed by atoms with E-state index in [1.165, 1.54) is 6.07 Å². The van der Waals surface area contributed by atoms with E-state index in [1.807, 2.05) is 0 Å². The lowest BCUT2D eigenvalue weighted by atomic mass is 10.1. The van der Waals surface area contributed by atoms with Crippen molar-refractivity contribution in [3.8, 4) is 0 Å². The predicted octanol–water partition coefficient (Wildman–Crippen LogP) is 2.10. The molecule has 94 valence electrons. The highest BCUT2D eigenvalue weighted by Crippen LogP contribution is 2.20. The topological polar surface area (TPSA) is 81.2 Å². The van der Waals surface area contributed by atoms with Crippen molar-refractivity contribution in [2.24, 2.45) is 0 Å². The monoisotopic (exact) mass is 253 g/mol. The first-order valence-electron chi connectivity index (χ1n) is 4.97. The summed E-state index contributed by atoms with van der Waals surface area (Å²) in [5, 5.41) is 5.69. The zero-order valence-electron chi connectivity index (χ0n) is 9.33. The van der Waals surface area contributed by atoms with Crippen molar-refractivity contribution >= 4 is 17.4 Å². The van der Waals surface area contributed by atoms with Crippen molar-refractivity contribution in [1.29, 1.82) is 0 Å². The molecule has 0 unspecified atom stereocenters.